The number of thiazole rings is 1. The smallest absolute Gasteiger partial charge is 0.185 e. The summed E-state index contributed by atoms with van der Waals surface area (Å²) in [5, 5.41) is 9.83. The van der Waals surface area contributed by atoms with Crippen molar-refractivity contribution >= 4 is 16.5 Å². The molecule has 0 saturated heterocycles. The lowest BCUT2D eigenvalue weighted by Gasteiger charge is -2.06. The van der Waals surface area contributed by atoms with Crippen molar-refractivity contribution in [2.75, 3.05) is 25.6 Å². The Labute approximate surface area is 82.0 Å². The van der Waals surface area contributed by atoms with Crippen LogP contribution in [0.15, 0.2) is 0 Å². The molecule has 0 aromatic carbocycles. The van der Waals surface area contributed by atoms with E-state index in [0.717, 1.165) is 15.7 Å². The second-order valence-electron chi connectivity index (χ2n) is 3.13. The van der Waals surface area contributed by atoms with Gasteiger partial charge < -0.3 is 15.7 Å². The van der Waals surface area contributed by atoms with Crippen LogP contribution in [0.5, 0.6) is 0 Å². The molecule has 1 atom stereocenters. The van der Waals surface area contributed by atoms with Gasteiger partial charge in [0.1, 0.15) is 0 Å². The number of aliphatic hydroxyl groups is 1. The van der Waals surface area contributed by atoms with E-state index >= 15 is 0 Å². The van der Waals surface area contributed by atoms with E-state index in [1.807, 2.05) is 25.9 Å². The number of aliphatic hydroxyl groups excluding tert-OH is 1. The molecule has 0 aliphatic rings. The number of hydrogen-bond acceptors (Lipinski definition) is 5. The third kappa shape index (κ3) is 2.18. The van der Waals surface area contributed by atoms with Gasteiger partial charge in [0.05, 0.1) is 18.3 Å². The molecular weight excluding hydrogens is 186 g/mol. The van der Waals surface area contributed by atoms with Gasteiger partial charge in [-0.15, -0.1) is 0 Å². The summed E-state index contributed by atoms with van der Waals surface area (Å²) in [5.41, 5.74) is 6.62. The molecular formula is C8H15N3OS. The number of nitrogens with two attached hydrogens (primary N) is 1. The van der Waals surface area contributed by atoms with Crippen molar-refractivity contribution in [1.29, 1.82) is 0 Å². The fraction of sp³-hybridized carbons (Fsp3) is 0.625. The van der Waals surface area contributed by atoms with Crippen molar-refractivity contribution in [3.8, 4) is 0 Å². The molecule has 0 saturated carbocycles. The normalized spacial score (nSPS) is 13.0. The minimum Gasteiger partial charge on any atom is -0.394 e. The average Bonchev–Trinajstić information content (AvgIpc) is 2.46. The van der Waals surface area contributed by atoms with E-state index in [4.69, 9.17) is 10.8 Å². The van der Waals surface area contributed by atoms with Gasteiger partial charge in [-0.2, -0.15) is 0 Å². The summed E-state index contributed by atoms with van der Waals surface area (Å²) in [6, 6.07) is -0.300. The van der Waals surface area contributed by atoms with Crippen LogP contribution in [-0.4, -0.2) is 30.8 Å². The summed E-state index contributed by atoms with van der Waals surface area (Å²) < 4.78 is 0. The van der Waals surface area contributed by atoms with Crippen molar-refractivity contribution in [1.82, 2.24) is 4.98 Å². The standard InChI is InChI=1S/C8H15N3OS/c1-5-7(6(9)4-12)13-8(10-5)11(2)3/h6,12H,4,9H2,1-3H3/t6-/m0/s1. The Morgan fingerprint density at radius 3 is 2.62 bits per heavy atom. The van der Waals surface area contributed by atoms with Gasteiger partial charge in [-0.3, -0.25) is 0 Å². The summed E-state index contributed by atoms with van der Waals surface area (Å²) in [6.07, 6.45) is 0. The molecule has 1 aromatic heterocycles. The largest absolute Gasteiger partial charge is 0.394 e. The van der Waals surface area contributed by atoms with Gasteiger partial charge in [0.25, 0.3) is 0 Å². The minimum absolute atomic E-state index is 0.0318. The Balaban J connectivity index is 2.96. The molecule has 5 heteroatoms. The molecule has 13 heavy (non-hydrogen) atoms. The Kier molecular flexibility index (Phi) is 3.24. The molecule has 0 spiro atoms. The van der Waals surface area contributed by atoms with Gasteiger partial charge in [-0.05, 0) is 6.92 Å². The topological polar surface area (TPSA) is 62.4 Å². The Hall–Kier alpha value is -0.650. The first-order chi connectivity index (χ1) is 6.06. The predicted octanol–water partition coefficient (Wildman–Crippen LogP) is 0.510. The third-order valence-corrected chi connectivity index (χ3v) is 3.19. The molecule has 1 heterocycles. The van der Waals surface area contributed by atoms with Crippen LogP contribution >= 0.6 is 11.3 Å². The molecule has 0 bridgehead atoms. The fourth-order valence-corrected chi connectivity index (χ4v) is 1.99. The summed E-state index contributed by atoms with van der Waals surface area (Å²) in [6.45, 7) is 1.88. The van der Waals surface area contributed by atoms with Gasteiger partial charge in [-0.25, -0.2) is 4.98 Å². The number of hydrogen-bond donors (Lipinski definition) is 2. The molecule has 0 aliphatic carbocycles. The molecule has 0 radical (unpaired) electrons. The Morgan fingerprint density at radius 2 is 2.23 bits per heavy atom. The van der Waals surface area contributed by atoms with Crippen molar-refractivity contribution in [2.24, 2.45) is 5.73 Å². The highest BCUT2D eigenvalue weighted by Gasteiger charge is 2.14. The first-order valence-corrected chi connectivity index (χ1v) is 4.89. The third-order valence-electron chi connectivity index (χ3n) is 1.74. The van der Waals surface area contributed by atoms with E-state index in [-0.39, 0.29) is 12.6 Å². The minimum atomic E-state index is -0.300. The van der Waals surface area contributed by atoms with Gasteiger partial charge in [0.2, 0.25) is 0 Å². The maximum atomic E-state index is 8.90. The lowest BCUT2D eigenvalue weighted by Crippen LogP contribution is -2.13. The van der Waals surface area contributed by atoms with Gasteiger partial charge in [0, 0.05) is 19.0 Å². The molecule has 0 unspecified atom stereocenters. The first-order valence-electron chi connectivity index (χ1n) is 4.07. The zero-order valence-corrected chi connectivity index (χ0v) is 8.93. The van der Waals surface area contributed by atoms with Crippen LogP contribution in [-0.2, 0) is 0 Å². The van der Waals surface area contributed by atoms with E-state index in [1.54, 1.807) is 0 Å². The van der Waals surface area contributed by atoms with Crippen LogP contribution in [0.25, 0.3) is 0 Å². The SMILES string of the molecule is Cc1nc(N(C)C)sc1[C@@H](N)CO. The molecule has 74 valence electrons. The van der Waals surface area contributed by atoms with Crippen LogP contribution in [0.2, 0.25) is 0 Å². The zero-order chi connectivity index (χ0) is 10.0. The van der Waals surface area contributed by atoms with Crippen LogP contribution in [0, 0.1) is 6.92 Å². The van der Waals surface area contributed by atoms with E-state index < -0.39 is 0 Å². The highest BCUT2D eigenvalue weighted by atomic mass is 32.1. The van der Waals surface area contributed by atoms with Crippen LogP contribution in [0.1, 0.15) is 16.6 Å². The van der Waals surface area contributed by atoms with Crippen molar-refractivity contribution in [2.45, 2.75) is 13.0 Å². The van der Waals surface area contributed by atoms with E-state index in [9.17, 15) is 0 Å². The monoisotopic (exact) mass is 201 g/mol. The zero-order valence-electron chi connectivity index (χ0n) is 8.11. The maximum absolute atomic E-state index is 8.90. The summed E-state index contributed by atoms with van der Waals surface area (Å²) >= 11 is 1.53. The van der Waals surface area contributed by atoms with Crippen LogP contribution in [0.3, 0.4) is 0 Å². The summed E-state index contributed by atoms with van der Waals surface area (Å²) in [4.78, 5) is 7.23. The Bertz CT molecular complexity index is 285. The van der Waals surface area contributed by atoms with Crippen molar-refractivity contribution < 1.29 is 5.11 Å². The number of aryl methyl sites for hydroxylation is 1. The van der Waals surface area contributed by atoms with E-state index in [2.05, 4.69) is 4.98 Å². The summed E-state index contributed by atoms with van der Waals surface area (Å²) in [7, 11) is 3.87. The highest BCUT2D eigenvalue weighted by molar-refractivity contribution is 7.15. The second kappa shape index (κ2) is 4.04. The quantitative estimate of drug-likeness (QED) is 0.748. The molecule has 1 rings (SSSR count). The maximum Gasteiger partial charge on any atom is 0.185 e. The first kappa shape index (κ1) is 10.4. The van der Waals surface area contributed by atoms with E-state index in [1.165, 1.54) is 11.3 Å². The number of aromatic nitrogens is 1. The lowest BCUT2D eigenvalue weighted by atomic mass is 10.2. The average molecular weight is 201 g/mol. The van der Waals surface area contributed by atoms with Crippen LogP contribution < -0.4 is 10.6 Å². The molecule has 3 N–H and O–H groups in total. The molecule has 0 fully saturated rings. The highest BCUT2D eigenvalue weighted by Crippen LogP contribution is 2.28. The Morgan fingerprint density at radius 1 is 1.62 bits per heavy atom. The van der Waals surface area contributed by atoms with Gasteiger partial charge in [-0.1, -0.05) is 11.3 Å². The van der Waals surface area contributed by atoms with Crippen LogP contribution in [0.4, 0.5) is 5.13 Å². The lowest BCUT2D eigenvalue weighted by molar-refractivity contribution is 0.269. The second-order valence-corrected chi connectivity index (χ2v) is 4.14. The molecule has 1 aromatic rings. The van der Waals surface area contributed by atoms with E-state index in [0.29, 0.717) is 0 Å². The van der Waals surface area contributed by atoms with Gasteiger partial charge in [0.15, 0.2) is 5.13 Å². The summed E-state index contributed by atoms with van der Waals surface area (Å²) in [5.74, 6) is 0. The molecule has 0 aliphatic heterocycles. The molecule has 4 nitrogen and oxygen atoms in total. The number of anilines is 1. The molecule has 0 amide bonds. The number of rotatable bonds is 3. The number of nitrogens with zero attached hydrogens (tertiary/aromatic N) is 2. The predicted molar refractivity (Wildman–Crippen MR) is 55.2 cm³/mol. The fourth-order valence-electron chi connectivity index (χ4n) is 1.01. The van der Waals surface area contributed by atoms with Gasteiger partial charge >= 0.3 is 0 Å². The van der Waals surface area contributed by atoms with Crippen molar-refractivity contribution in [3.05, 3.63) is 10.6 Å². The van der Waals surface area contributed by atoms with Crippen molar-refractivity contribution in [3.63, 3.8) is 0 Å².